The fourth-order valence-electron chi connectivity index (χ4n) is 1.48. The van der Waals surface area contributed by atoms with Gasteiger partial charge in [0.05, 0.1) is 0 Å². The second-order valence-corrected chi connectivity index (χ2v) is 4.28. The van der Waals surface area contributed by atoms with Crippen LogP contribution in [-0.2, 0) is 4.79 Å². The summed E-state index contributed by atoms with van der Waals surface area (Å²) >= 11 is 0. The summed E-state index contributed by atoms with van der Waals surface area (Å²) in [6, 6.07) is 7.65. The molecule has 1 rings (SSSR count). The normalized spacial score (nSPS) is 12.0. The molecule has 4 nitrogen and oxygen atoms in total. The predicted octanol–water partition coefficient (Wildman–Crippen LogP) is 1.95. The van der Waals surface area contributed by atoms with Crippen molar-refractivity contribution >= 4 is 5.91 Å². The van der Waals surface area contributed by atoms with Gasteiger partial charge in [-0.25, -0.2) is 0 Å². The lowest BCUT2D eigenvalue weighted by Crippen LogP contribution is -2.31. The molecule has 0 aromatic heterocycles. The van der Waals surface area contributed by atoms with Gasteiger partial charge in [-0.2, -0.15) is 0 Å². The van der Waals surface area contributed by atoms with Crippen molar-refractivity contribution < 1.29 is 9.53 Å². The van der Waals surface area contributed by atoms with Gasteiger partial charge in [0.15, 0.2) is 6.61 Å². The topological polar surface area (TPSA) is 55.6 Å². The number of carbonyl (C=O) groups is 1. The standard InChI is InChI=1S/C14H22N2O2/c1-4-13(15)11-6-8-12(9-7-11)18-10-14(17)16(3)5-2/h6-9,13H,4-5,10,15H2,1-3H3. The maximum Gasteiger partial charge on any atom is 0.260 e. The number of ether oxygens (including phenoxy) is 1. The molecule has 1 atom stereocenters. The van der Waals surface area contributed by atoms with Crippen LogP contribution in [-0.4, -0.2) is 31.0 Å². The summed E-state index contributed by atoms with van der Waals surface area (Å²) in [4.78, 5) is 13.2. The van der Waals surface area contributed by atoms with E-state index in [0.717, 1.165) is 12.0 Å². The molecule has 0 spiro atoms. The van der Waals surface area contributed by atoms with Gasteiger partial charge in [0.1, 0.15) is 5.75 Å². The molecule has 0 saturated carbocycles. The number of nitrogens with two attached hydrogens (primary N) is 1. The maximum atomic E-state index is 11.5. The molecule has 100 valence electrons. The average molecular weight is 250 g/mol. The first-order valence-corrected chi connectivity index (χ1v) is 6.30. The van der Waals surface area contributed by atoms with Crippen LogP contribution in [0, 0.1) is 0 Å². The van der Waals surface area contributed by atoms with E-state index in [1.165, 1.54) is 0 Å². The molecule has 1 aromatic rings. The second-order valence-electron chi connectivity index (χ2n) is 4.28. The highest BCUT2D eigenvalue weighted by atomic mass is 16.5. The van der Waals surface area contributed by atoms with Crippen molar-refractivity contribution in [3.05, 3.63) is 29.8 Å². The number of carbonyl (C=O) groups excluding carboxylic acids is 1. The number of hydrogen-bond donors (Lipinski definition) is 1. The summed E-state index contributed by atoms with van der Waals surface area (Å²) in [7, 11) is 1.76. The molecule has 0 bridgehead atoms. The third kappa shape index (κ3) is 4.04. The summed E-state index contributed by atoms with van der Waals surface area (Å²) in [6.45, 7) is 4.74. The lowest BCUT2D eigenvalue weighted by Gasteiger charge is -2.15. The fourth-order valence-corrected chi connectivity index (χ4v) is 1.48. The molecule has 1 amide bonds. The molecular formula is C14H22N2O2. The van der Waals surface area contributed by atoms with Crippen LogP contribution in [0.1, 0.15) is 31.9 Å². The van der Waals surface area contributed by atoms with E-state index in [-0.39, 0.29) is 18.6 Å². The lowest BCUT2D eigenvalue weighted by molar-refractivity contribution is -0.131. The Labute approximate surface area is 109 Å². The van der Waals surface area contributed by atoms with E-state index < -0.39 is 0 Å². The van der Waals surface area contributed by atoms with E-state index in [4.69, 9.17) is 10.5 Å². The minimum absolute atomic E-state index is 0.0214. The molecule has 4 heteroatoms. The van der Waals surface area contributed by atoms with E-state index in [1.54, 1.807) is 11.9 Å². The van der Waals surface area contributed by atoms with Gasteiger partial charge < -0.3 is 15.4 Å². The highest BCUT2D eigenvalue weighted by molar-refractivity contribution is 5.77. The van der Waals surface area contributed by atoms with Crippen LogP contribution >= 0.6 is 0 Å². The quantitative estimate of drug-likeness (QED) is 0.839. The molecule has 0 aliphatic carbocycles. The number of nitrogens with zero attached hydrogens (tertiary/aromatic N) is 1. The van der Waals surface area contributed by atoms with Crippen LogP contribution in [0.4, 0.5) is 0 Å². The van der Waals surface area contributed by atoms with Crippen LogP contribution in [0.25, 0.3) is 0 Å². The molecule has 0 radical (unpaired) electrons. The Morgan fingerprint density at radius 1 is 1.33 bits per heavy atom. The van der Waals surface area contributed by atoms with Crippen molar-refractivity contribution in [2.24, 2.45) is 5.73 Å². The fraction of sp³-hybridized carbons (Fsp3) is 0.500. The number of likely N-dealkylation sites (N-methyl/N-ethyl adjacent to an activating group) is 1. The SMILES string of the molecule is CCC(N)c1ccc(OCC(=O)N(C)CC)cc1. The molecule has 1 aromatic carbocycles. The van der Waals surface area contributed by atoms with E-state index >= 15 is 0 Å². The Bertz CT molecular complexity index is 376. The molecule has 0 aliphatic rings. The highest BCUT2D eigenvalue weighted by Gasteiger charge is 2.08. The van der Waals surface area contributed by atoms with Gasteiger partial charge in [-0.1, -0.05) is 19.1 Å². The van der Waals surface area contributed by atoms with Crippen molar-refractivity contribution in [2.45, 2.75) is 26.3 Å². The van der Waals surface area contributed by atoms with E-state index in [2.05, 4.69) is 0 Å². The minimum atomic E-state index is -0.0214. The first-order valence-electron chi connectivity index (χ1n) is 6.30. The van der Waals surface area contributed by atoms with Crippen molar-refractivity contribution in [2.75, 3.05) is 20.2 Å². The van der Waals surface area contributed by atoms with E-state index in [1.807, 2.05) is 38.1 Å². The van der Waals surface area contributed by atoms with Gasteiger partial charge >= 0.3 is 0 Å². The van der Waals surface area contributed by atoms with Gasteiger partial charge in [-0.15, -0.1) is 0 Å². The summed E-state index contributed by atoms with van der Waals surface area (Å²) in [5, 5.41) is 0. The van der Waals surface area contributed by atoms with Gasteiger partial charge in [-0.3, -0.25) is 4.79 Å². The van der Waals surface area contributed by atoms with E-state index in [0.29, 0.717) is 12.3 Å². The molecule has 2 N–H and O–H groups in total. The van der Waals surface area contributed by atoms with Crippen LogP contribution in [0.15, 0.2) is 24.3 Å². The van der Waals surface area contributed by atoms with Crippen molar-refractivity contribution in [3.8, 4) is 5.75 Å². The molecular weight excluding hydrogens is 228 g/mol. The Morgan fingerprint density at radius 2 is 1.94 bits per heavy atom. The summed E-state index contributed by atoms with van der Waals surface area (Å²) in [5.74, 6) is 0.673. The summed E-state index contributed by atoms with van der Waals surface area (Å²) in [6.07, 6.45) is 0.903. The second kappa shape index (κ2) is 7.01. The summed E-state index contributed by atoms with van der Waals surface area (Å²) in [5.41, 5.74) is 7.01. The number of amides is 1. The first-order chi connectivity index (χ1) is 8.58. The van der Waals surface area contributed by atoms with Gasteiger partial charge in [0.2, 0.25) is 0 Å². The first kappa shape index (κ1) is 14.5. The zero-order chi connectivity index (χ0) is 13.5. The third-order valence-electron chi connectivity index (χ3n) is 3.01. The predicted molar refractivity (Wildman–Crippen MR) is 72.5 cm³/mol. The van der Waals surface area contributed by atoms with Crippen molar-refractivity contribution in [1.82, 2.24) is 4.90 Å². The van der Waals surface area contributed by atoms with Crippen LogP contribution in [0.2, 0.25) is 0 Å². The zero-order valence-corrected chi connectivity index (χ0v) is 11.3. The van der Waals surface area contributed by atoms with Crippen LogP contribution < -0.4 is 10.5 Å². The monoisotopic (exact) mass is 250 g/mol. The lowest BCUT2D eigenvalue weighted by atomic mass is 10.1. The average Bonchev–Trinajstić information content (AvgIpc) is 2.43. The Balaban J connectivity index is 2.51. The molecule has 1 unspecified atom stereocenters. The number of hydrogen-bond acceptors (Lipinski definition) is 3. The number of rotatable bonds is 6. The third-order valence-corrected chi connectivity index (χ3v) is 3.01. The molecule has 0 aliphatic heterocycles. The van der Waals surface area contributed by atoms with Crippen molar-refractivity contribution in [3.63, 3.8) is 0 Å². The molecule has 18 heavy (non-hydrogen) atoms. The van der Waals surface area contributed by atoms with Gasteiger partial charge in [0, 0.05) is 19.6 Å². The zero-order valence-electron chi connectivity index (χ0n) is 11.3. The van der Waals surface area contributed by atoms with Gasteiger partial charge in [0.25, 0.3) is 5.91 Å². The Kier molecular flexibility index (Phi) is 5.65. The van der Waals surface area contributed by atoms with Crippen LogP contribution in [0.3, 0.4) is 0 Å². The highest BCUT2D eigenvalue weighted by Crippen LogP contribution is 2.18. The maximum absolute atomic E-state index is 11.5. The Morgan fingerprint density at radius 3 is 2.44 bits per heavy atom. The van der Waals surface area contributed by atoms with Gasteiger partial charge in [-0.05, 0) is 31.0 Å². The smallest absolute Gasteiger partial charge is 0.260 e. The summed E-state index contributed by atoms with van der Waals surface area (Å²) < 4.78 is 5.43. The Hall–Kier alpha value is -1.55. The number of benzene rings is 1. The molecule has 0 saturated heterocycles. The van der Waals surface area contributed by atoms with Crippen molar-refractivity contribution in [1.29, 1.82) is 0 Å². The largest absolute Gasteiger partial charge is 0.484 e. The minimum Gasteiger partial charge on any atom is -0.484 e. The molecule has 0 heterocycles. The van der Waals surface area contributed by atoms with Crippen LogP contribution in [0.5, 0.6) is 5.75 Å². The van der Waals surface area contributed by atoms with E-state index in [9.17, 15) is 4.79 Å². The molecule has 0 fully saturated rings.